The van der Waals surface area contributed by atoms with Gasteiger partial charge in [0.15, 0.2) is 0 Å². The molecule has 0 atom stereocenters. The number of hydrogen-bond donors (Lipinski definition) is 0. The van der Waals surface area contributed by atoms with Crippen LogP contribution in [0.2, 0.25) is 0 Å². The average Bonchev–Trinajstić information content (AvgIpc) is 2.03. The van der Waals surface area contributed by atoms with Crippen LogP contribution in [0.15, 0.2) is 0 Å². The van der Waals surface area contributed by atoms with Gasteiger partial charge < -0.3 is 0 Å². The number of nitrogens with zero attached hydrogens (tertiary/aromatic N) is 1. The predicted molar refractivity (Wildman–Crippen MR) is 48.7 cm³/mol. The lowest BCUT2D eigenvalue weighted by Crippen LogP contribution is -2.27. The maximum atomic E-state index is 4.68. The summed E-state index contributed by atoms with van der Waals surface area (Å²) in [6.07, 6.45) is 6.96. The van der Waals surface area contributed by atoms with Crippen LogP contribution < -0.4 is 5.32 Å². The zero-order chi connectivity index (χ0) is 8.10. The first kappa shape index (κ1) is 9.05. The molecular formula is C10H20N. The van der Waals surface area contributed by atoms with Crippen molar-refractivity contribution in [2.45, 2.75) is 52.0 Å². The van der Waals surface area contributed by atoms with Crippen LogP contribution in [0.3, 0.4) is 0 Å². The van der Waals surface area contributed by atoms with Crippen LogP contribution in [0.4, 0.5) is 0 Å². The molecule has 0 amide bonds. The molecule has 1 aliphatic carbocycles. The highest BCUT2D eigenvalue weighted by atomic mass is 14.9. The second kappa shape index (κ2) is 4.76. The van der Waals surface area contributed by atoms with E-state index in [-0.39, 0.29) is 0 Å². The topological polar surface area (TPSA) is 14.1 Å². The molecule has 1 radical (unpaired) electrons. The SMILES string of the molecule is CC(C)C[N]C1CCCCC1. The Hall–Kier alpha value is -0.0400. The maximum absolute atomic E-state index is 4.68. The summed E-state index contributed by atoms with van der Waals surface area (Å²) in [5.74, 6) is 0.747. The van der Waals surface area contributed by atoms with Gasteiger partial charge in [0.05, 0.1) is 0 Å². The molecule has 0 N–H and O–H groups in total. The van der Waals surface area contributed by atoms with Crippen LogP contribution in [-0.2, 0) is 0 Å². The Morgan fingerprint density at radius 3 is 2.36 bits per heavy atom. The summed E-state index contributed by atoms with van der Waals surface area (Å²) < 4.78 is 0. The number of hydrogen-bond acceptors (Lipinski definition) is 0. The fourth-order valence-electron chi connectivity index (χ4n) is 1.62. The van der Waals surface area contributed by atoms with Crippen molar-refractivity contribution in [2.24, 2.45) is 5.92 Å². The van der Waals surface area contributed by atoms with Gasteiger partial charge in [-0.05, 0) is 18.8 Å². The lowest BCUT2D eigenvalue weighted by atomic mass is 9.95. The second-order valence-corrected chi connectivity index (χ2v) is 4.05. The highest BCUT2D eigenvalue weighted by Crippen LogP contribution is 2.18. The third kappa shape index (κ3) is 3.76. The molecule has 1 rings (SSSR count). The summed E-state index contributed by atoms with van der Waals surface area (Å²) in [7, 11) is 0. The fourth-order valence-corrected chi connectivity index (χ4v) is 1.62. The van der Waals surface area contributed by atoms with Gasteiger partial charge in [0.25, 0.3) is 0 Å². The van der Waals surface area contributed by atoms with Crippen molar-refractivity contribution in [3.05, 3.63) is 0 Å². The minimum atomic E-state index is 0.714. The van der Waals surface area contributed by atoms with Gasteiger partial charge in [0, 0.05) is 12.6 Å². The second-order valence-electron chi connectivity index (χ2n) is 4.05. The smallest absolute Gasteiger partial charge is 0.0246 e. The standard InChI is InChI=1S/C10H20N/c1-9(2)8-11-10-6-4-3-5-7-10/h9-10H,3-8H2,1-2H3. The molecule has 0 unspecified atom stereocenters. The molecule has 65 valence electrons. The van der Waals surface area contributed by atoms with Crippen LogP contribution in [0.25, 0.3) is 0 Å². The Morgan fingerprint density at radius 2 is 1.82 bits per heavy atom. The van der Waals surface area contributed by atoms with Crippen LogP contribution >= 0.6 is 0 Å². The fraction of sp³-hybridized carbons (Fsp3) is 1.00. The largest absolute Gasteiger partial charge is 0.238 e. The Bertz CT molecular complexity index is 93.0. The average molecular weight is 154 g/mol. The molecule has 1 nitrogen and oxygen atoms in total. The summed E-state index contributed by atoms with van der Waals surface area (Å²) >= 11 is 0. The van der Waals surface area contributed by atoms with E-state index in [1.807, 2.05) is 0 Å². The van der Waals surface area contributed by atoms with E-state index in [4.69, 9.17) is 0 Å². The van der Waals surface area contributed by atoms with Gasteiger partial charge in [-0.1, -0.05) is 33.1 Å². The van der Waals surface area contributed by atoms with E-state index >= 15 is 0 Å². The summed E-state index contributed by atoms with van der Waals surface area (Å²) in [5, 5.41) is 4.68. The molecule has 0 bridgehead atoms. The van der Waals surface area contributed by atoms with Crippen molar-refractivity contribution in [2.75, 3.05) is 6.54 Å². The van der Waals surface area contributed by atoms with Crippen molar-refractivity contribution < 1.29 is 0 Å². The first-order chi connectivity index (χ1) is 5.29. The van der Waals surface area contributed by atoms with Gasteiger partial charge in [-0.2, -0.15) is 0 Å². The molecule has 0 aliphatic heterocycles. The summed E-state index contributed by atoms with van der Waals surface area (Å²) in [6.45, 7) is 5.56. The summed E-state index contributed by atoms with van der Waals surface area (Å²) in [6, 6.07) is 0.714. The highest BCUT2D eigenvalue weighted by molar-refractivity contribution is 4.71. The first-order valence-corrected chi connectivity index (χ1v) is 4.95. The van der Waals surface area contributed by atoms with E-state index in [1.165, 1.54) is 32.1 Å². The van der Waals surface area contributed by atoms with E-state index in [0.717, 1.165) is 12.5 Å². The molecule has 0 saturated heterocycles. The van der Waals surface area contributed by atoms with Crippen molar-refractivity contribution in [1.82, 2.24) is 5.32 Å². The molecule has 1 saturated carbocycles. The maximum Gasteiger partial charge on any atom is 0.0246 e. The lowest BCUT2D eigenvalue weighted by Gasteiger charge is -2.21. The van der Waals surface area contributed by atoms with Crippen LogP contribution in [-0.4, -0.2) is 12.6 Å². The summed E-state index contributed by atoms with van der Waals surface area (Å²) in [5.41, 5.74) is 0. The molecule has 11 heavy (non-hydrogen) atoms. The van der Waals surface area contributed by atoms with E-state index in [9.17, 15) is 0 Å². The van der Waals surface area contributed by atoms with Gasteiger partial charge in [0.1, 0.15) is 0 Å². The molecule has 0 aromatic carbocycles. The van der Waals surface area contributed by atoms with Crippen LogP contribution in [0.5, 0.6) is 0 Å². The summed E-state index contributed by atoms with van der Waals surface area (Å²) in [4.78, 5) is 0. The Balaban J connectivity index is 2.05. The van der Waals surface area contributed by atoms with Crippen molar-refractivity contribution in [3.8, 4) is 0 Å². The Kier molecular flexibility index (Phi) is 3.92. The van der Waals surface area contributed by atoms with Gasteiger partial charge >= 0.3 is 0 Å². The molecule has 0 heterocycles. The molecule has 0 aromatic rings. The van der Waals surface area contributed by atoms with Crippen LogP contribution in [0, 0.1) is 5.92 Å². The third-order valence-electron chi connectivity index (χ3n) is 2.30. The Morgan fingerprint density at radius 1 is 1.18 bits per heavy atom. The lowest BCUT2D eigenvalue weighted by molar-refractivity contribution is 0.351. The van der Waals surface area contributed by atoms with Crippen molar-refractivity contribution in [1.29, 1.82) is 0 Å². The Labute approximate surface area is 70.6 Å². The van der Waals surface area contributed by atoms with E-state index < -0.39 is 0 Å². The molecule has 1 aliphatic rings. The van der Waals surface area contributed by atoms with E-state index in [0.29, 0.717) is 6.04 Å². The molecule has 0 spiro atoms. The first-order valence-electron chi connectivity index (χ1n) is 4.95. The molecule has 1 heteroatoms. The zero-order valence-electron chi connectivity index (χ0n) is 7.84. The molecular weight excluding hydrogens is 134 g/mol. The van der Waals surface area contributed by atoms with E-state index in [2.05, 4.69) is 19.2 Å². The zero-order valence-corrected chi connectivity index (χ0v) is 7.84. The normalized spacial score (nSPS) is 21.0. The monoisotopic (exact) mass is 154 g/mol. The predicted octanol–water partition coefficient (Wildman–Crippen LogP) is 2.58. The quantitative estimate of drug-likeness (QED) is 0.593. The van der Waals surface area contributed by atoms with Gasteiger partial charge in [-0.15, -0.1) is 0 Å². The highest BCUT2D eigenvalue weighted by Gasteiger charge is 2.13. The van der Waals surface area contributed by atoms with Crippen molar-refractivity contribution in [3.63, 3.8) is 0 Å². The van der Waals surface area contributed by atoms with Crippen molar-refractivity contribution >= 4 is 0 Å². The van der Waals surface area contributed by atoms with Crippen LogP contribution in [0.1, 0.15) is 46.0 Å². The molecule has 1 fully saturated rings. The van der Waals surface area contributed by atoms with Gasteiger partial charge in [0.2, 0.25) is 0 Å². The molecule has 0 aromatic heterocycles. The van der Waals surface area contributed by atoms with Gasteiger partial charge in [-0.3, -0.25) is 0 Å². The minimum absolute atomic E-state index is 0.714. The third-order valence-corrected chi connectivity index (χ3v) is 2.30. The minimum Gasteiger partial charge on any atom is -0.238 e. The van der Waals surface area contributed by atoms with E-state index in [1.54, 1.807) is 0 Å². The number of rotatable bonds is 3. The van der Waals surface area contributed by atoms with Gasteiger partial charge in [-0.25, -0.2) is 5.32 Å².